The summed E-state index contributed by atoms with van der Waals surface area (Å²) in [5, 5.41) is 15.8. The Balaban J connectivity index is 1.70. The number of rotatable bonds is 10. The van der Waals surface area contributed by atoms with Gasteiger partial charge in [-0.25, -0.2) is 15.0 Å². The molecule has 0 radical (unpaired) electrons. The molecule has 1 atom stereocenters. The molecule has 5 aromatic rings. The third-order valence-electron chi connectivity index (χ3n) is 7.15. The van der Waals surface area contributed by atoms with Crippen LogP contribution in [-0.2, 0) is 0 Å². The molecule has 0 bridgehead atoms. The van der Waals surface area contributed by atoms with Gasteiger partial charge >= 0.3 is 0 Å². The molecule has 1 aromatic heterocycles. The molecular weight excluding hydrogens is 486 g/mol. The fraction of sp³-hybridized carbons (Fsp3) is 0.242. The average molecular weight is 520 g/mol. The van der Waals surface area contributed by atoms with Gasteiger partial charge in [0.2, 0.25) is 0 Å². The summed E-state index contributed by atoms with van der Waals surface area (Å²) in [7, 11) is 0. The molecule has 4 aromatic carbocycles. The Labute approximate surface area is 228 Å². The average Bonchev–Trinajstić information content (AvgIpc) is 2.96. The van der Waals surface area contributed by atoms with Crippen LogP contribution in [0.25, 0.3) is 50.4 Å². The van der Waals surface area contributed by atoms with Crippen LogP contribution in [0.2, 0.25) is 0 Å². The highest BCUT2D eigenvalue weighted by molar-refractivity contribution is 7.99. The van der Waals surface area contributed by atoms with E-state index in [0.717, 1.165) is 39.5 Å². The number of fused-ring (bicyclic) bond motifs is 3. The smallest absolute Gasteiger partial charge is 0.191 e. The lowest BCUT2D eigenvalue weighted by molar-refractivity contribution is 0.476. The van der Waals surface area contributed by atoms with Crippen molar-refractivity contribution in [3.05, 3.63) is 84.9 Å². The van der Waals surface area contributed by atoms with E-state index >= 15 is 0 Å². The van der Waals surface area contributed by atoms with Gasteiger partial charge in [0.1, 0.15) is 5.75 Å². The largest absolute Gasteiger partial charge is 0.507 e. The van der Waals surface area contributed by atoms with Crippen LogP contribution < -0.4 is 0 Å². The van der Waals surface area contributed by atoms with E-state index < -0.39 is 0 Å². The van der Waals surface area contributed by atoms with Crippen molar-refractivity contribution in [3.8, 4) is 28.5 Å². The molecule has 0 aliphatic heterocycles. The third-order valence-corrected chi connectivity index (χ3v) is 8.23. The number of phenolic OH excluding ortho intramolecular Hbond substituents is 1. The van der Waals surface area contributed by atoms with Gasteiger partial charge in [0, 0.05) is 11.3 Å². The van der Waals surface area contributed by atoms with Crippen molar-refractivity contribution in [1.29, 1.82) is 0 Å². The van der Waals surface area contributed by atoms with E-state index in [4.69, 9.17) is 15.0 Å². The molecule has 1 N–H and O–H groups in total. The molecule has 0 saturated heterocycles. The van der Waals surface area contributed by atoms with E-state index in [1.807, 2.05) is 24.3 Å². The van der Waals surface area contributed by atoms with Crippen LogP contribution in [0.5, 0.6) is 5.75 Å². The van der Waals surface area contributed by atoms with Crippen LogP contribution in [0.4, 0.5) is 0 Å². The van der Waals surface area contributed by atoms with Crippen LogP contribution in [-0.4, -0.2) is 25.8 Å². The Kier molecular flexibility index (Phi) is 8.04. The lowest BCUT2D eigenvalue weighted by Gasteiger charge is -2.15. The van der Waals surface area contributed by atoms with Crippen LogP contribution in [0.15, 0.2) is 84.5 Å². The first-order chi connectivity index (χ1) is 18.6. The second-order valence-corrected chi connectivity index (χ2v) is 10.6. The zero-order chi connectivity index (χ0) is 26.5. The Morgan fingerprint density at radius 3 is 2.24 bits per heavy atom. The molecule has 0 fully saturated rings. The summed E-state index contributed by atoms with van der Waals surface area (Å²) >= 11 is 1.68. The monoisotopic (exact) mass is 519 g/mol. The molecule has 0 amide bonds. The molecule has 5 heteroatoms. The van der Waals surface area contributed by atoms with Gasteiger partial charge in [0.15, 0.2) is 16.8 Å². The van der Waals surface area contributed by atoms with Gasteiger partial charge in [-0.15, -0.1) is 0 Å². The van der Waals surface area contributed by atoms with Crippen molar-refractivity contribution in [2.45, 2.75) is 44.7 Å². The minimum atomic E-state index is 0.160. The summed E-state index contributed by atoms with van der Waals surface area (Å²) < 4.78 is 0. The van der Waals surface area contributed by atoms with Crippen molar-refractivity contribution >= 4 is 39.4 Å². The van der Waals surface area contributed by atoms with E-state index in [9.17, 15) is 5.11 Å². The lowest BCUT2D eigenvalue weighted by atomic mass is 9.94. The molecule has 1 unspecified atom stereocenters. The first kappa shape index (κ1) is 25.9. The van der Waals surface area contributed by atoms with E-state index in [2.05, 4.69) is 69.0 Å². The number of aromatic hydroxyl groups is 1. The molecule has 0 aliphatic carbocycles. The van der Waals surface area contributed by atoms with Crippen LogP contribution in [0.1, 0.15) is 45.1 Å². The van der Waals surface area contributed by atoms with Crippen molar-refractivity contribution in [2.24, 2.45) is 5.92 Å². The standard InChI is InChI=1S/C33H33N3OS/c1-4-7-13-22(5-2)21-38-33-35-31(27-17-10-11-19-30(27)37)34-32(36-33)29-20-28-23(6-3)14-12-18-25(28)24-15-8-9-16-26(24)29/h6,8-12,14-20,22,37H,3-5,7,13,21H2,1-2H3. The lowest BCUT2D eigenvalue weighted by Crippen LogP contribution is -2.05. The summed E-state index contributed by atoms with van der Waals surface area (Å²) in [4.78, 5) is 14.7. The number of para-hydroxylation sites is 1. The number of hydrogen-bond donors (Lipinski definition) is 1. The first-order valence-corrected chi connectivity index (χ1v) is 14.4. The first-order valence-electron chi connectivity index (χ1n) is 13.4. The molecule has 0 spiro atoms. The number of unbranched alkanes of at least 4 members (excludes halogenated alkanes) is 1. The molecular formula is C33H33N3OS. The summed E-state index contributed by atoms with van der Waals surface area (Å²) in [6.07, 6.45) is 6.68. The number of hydrogen-bond acceptors (Lipinski definition) is 5. The molecule has 1 heterocycles. The molecule has 192 valence electrons. The van der Waals surface area contributed by atoms with Crippen molar-refractivity contribution < 1.29 is 5.11 Å². The van der Waals surface area contributed by atoms with Gasteiger partial charge in [0.05, 0.1) is 5.56 Å². The maximum Gasteiger partial charge on any atom is 0.191 e. The maximum atomic E-state index is 10.6. The normalized spacial score (nSPS) is 12.2. The zero-order valence-electron chi connectivity index (χ0n) is 22.0. The van der Waals surface area contributed by atoms with Crippen LogP contribution >= 0.6 is 11.8 Å². The van der Waals surface area contributed by atoms with Gasteiger partial charge in [-0.05, 0) is 57.6 Å². The second-order valence-electron chi connectivity index (χ2n) is 9.63. The van der Waals surface area contributed by atoms with Crippen LogP contribution in [0.3, 0.4) is 0 Å². The minimum absolute atomic E-state index is 0.160. The summed E-state index contributed by atoms with van der Waals surface area (Å²) in [6, 6.07) is 24.1. The zero-order valence-corrected chi connectivity index (χ0v) is 22.8. The van der Waals surface area contributed by atoms with Gasteiger partial charge in [-0.3, -0.25) is 0 Å². The Hall–Kier alpha value is -3.70. The van der Waals surface area contributed by atoms with Crippen molar-refractivity contribution in [2.75, 3.05) is 5.75 Å². The molecule has 38 heavy (non-hydrogen) atoms. The SMILES string of the molecule is C=Cc1cccc2c1cc(-c1nc(SCC(CC)CCCC)nc(-c3ccccc3O)n1)c1ccccc12. The van der Waals surface area contributed by atoms with Gasteiger partial charge in [-0.1, -0.05) is 112 Å². The van der Waals surface area contributed by atoms with E-state index in [1.54, 1.807) is 17.8 Å². The topological polar surface area (TPSA) is 58.9 Å². The highest BCUT2D eigenvalue weighted by atomic mass is 32.2. The quantitative estimate of drug-likeness (QED) is 0.147. The Bertz CT molecular complexity index is 1600. The summed E-state index contributed by atoms with van der Waals surface area (Å²) in [5.74, 6) is 2.83. The number of aromatic nitrogens is 3. The molecule has 0 aliphatic rings. The molecule has 4 nitrogen and oxygen atoms in total. The molecule has 5 rings (SSSR count). The third kappa shape index (κ3) is 5.30. The minimum Gasteiger partial charge on any atom is -0.507 e. The molecule has 0 saturated carbocycles. The van der Waals surface area contributed by atoms with E-state index in [1.165, 1.54) is 24.6 Å². The summed E-state index contributed by atoms with van der Waals surface area (Å²) in [6.45, 7) is 8.53. The fourth-order valence-corrected chi connectivity index (χ4v) is 6.02. The van der Waals surface area contributed by atoms with E-state index in [-0.39, 0.29) is 5.75 Å². The van der Waals surface area contributed by atoms with Crippen molar-refractivity contribution in [1.82, 2.24) is 15.0 Å². The number of thioether (sulfide) groups is 1. The Morgan fingerprint density at radius 2 is 1.50 bits per heavy atom. The maximum absolute atomic E-state index is 10.6. The van der Waals surface area contributed by atoms with Crippen LogP contribution in [0, 0.1) is 5.92 Å². The fourth-order valence-electron chi connectivity index (χ4n) is 4.93. The van der Waals surface area contributed by atoms with Gasteiger partial charge in [-0.2, -0.15) is 0 Å². The van der Waals surface area contributed by atoms with Crippen molar-refractivity contribution in [3.63, 3.8) is 0 Å². The summed E-state index contributed by atoms with van der Waals surface area (Å²) in [5.41, 5.74) is 2.62. The van der Waals surface area contributed by atoms with Gasteiger partial charge in [0.25, 0.3) is 0 Å². The van der Waals surface area contributed by atoms with Gasteiger partial charge < -0.3 is 5.11 Å². The predicted octanol–water partition coefficient (Wildman–Crippen LogP) is 9.17. The predicted molar refractivity (Wildman–Crippen MR) is 161 cm³/mol. The number of phenols is 1. The van der Waals surface area contributed by atoms with E-state index in [0.29, 0.717) is 28.3 Å². The highest BCUT2D eigenvalue weighted by Crippen LogP contribution is 2.37. The second kappa shape index (κ2) is 11.8. The number of nitrogens with zero attached hydrogens (tertiary/aromatic N) is 3. The number of benzene rings is 4. The highest BCUT2D eigenvalue weighted by Gasteiger charge is 2.18. The Morgan fingerprint density at radius 1 is 0.816 bits per heavy atom.